The van der Waals surface area contributed by atoms with Gasteiger partial charge in [0, 0.05) is 7.11 Å². The van der Waals surface area contributed by atoms with Crippen molar-refractivity contribution in [1.29, 1.82) is 0 Å². The van der Waals surface area contributed by atoms with E-state index in [1.165, 1.54) is 18.4 Å². The van der Waals surface area contributed by atoms with Gasteiger partial charge < -0.3 is 10.1 Å². The van der Waals surface area contributed by atoms with Crippen LogP contribution in [0.2, 0.25) is 0 Å². The first kappa shape index (κ1) is 13.5. The Hall–Kier alpha value is -0.570. The highest BCUT2D eigenvalue weighted by Crippen LogP contribution is 2.31. The van der Waals surface area contributed by atoms with Gasteiger partial charge in [0.2, 0.25) is 0 Å². The van der Waals surface area contributed by atoms with Crippen LogP contribution in [0, 0.1) is 5.92 Å². The van der Waals surface area contributed by atoms with Crippen molar-refractivity contribution in [3.05, 3.63) is 35.9 Å². The van der Waals surface area contributed by atoms with Crippen LogP contribution in [0.15, 0.2) is 30.3 Å². The fourth-order valence-electron chi connectivity index (χ4n) is 2.39. The van der Waals surface area contributed by atoms with Crippen LogP contribution in [-0.2, 0) is 4.74 Å². The molecule has 1 unspecified atom stereocenters. The molecule has 0 spiro atoms. The van der Waals surface area contributed by atoms with Crippen LogP contribution in [0.25, 0.3) is 0 Å². The van der Waals surface area contributed by atoms with Gasteiger partial charge >= 0.3 is 0 Å². The molecule has 1 aliphatic heterocycles. The SMILES string of the molecule is COC(c1ccccc1)C1CCNCC1.Cl. The molecule has 1 aliphatic rings. The molecule has 0 saturated carbocycles. The Kier molecular flexibility index (Phi) is 5.81. The lowest BCUT2D eigenvalue weighted by atomic mass is 9.88. The van der Waals surface area contributed by atoms with Crippen LogP contribution in [-0.4, -0.2) is 20.2 Å². The Labute approximate surface area is 104 Å². The summed E-state index contributed by atoms with van der Waals surface area (Å²) >= 11 is 0. The molecule has 0 aromatic heterocycles. The van der Waals surface area contributed by atoms with E-state index in [1.807, 2.05) is 7.11 Å². The summed E-state index contributed by atoms with van der Waals surface area (Å²) in [5.74, 6) is 0.665. The summed E-state index contributed by atoms with van der Waals surface area (Å²) in [5, 5.41) is 3.39. The third-order valence-corrected chi connectivity index (χ3v) is 3.19. The van der Waals surface area contributed by atoms with Crippen LogP contribution in [0.5, 0.6) is 0 Å². The normalized spacial score (nSPS) is 18.8. The van der Waals surface area contributed by atoms with Crippen LogP contribution in [0.1, 0.15) is 24.5 Å². The summed E-state index contributed by atoms with van der Waals surface area (Å²) in [5.41, 5.74) is 1.31. The number of ether oxygens (including phenoxy) is 1. The lowest BCUT2D eigenvalue weighted by Gasteiger charge is -2.30. The molecule has 1 heterocycles. The predicted octanol–water partition coefficient (Wildman–Crippen LogP) is 2.80. The van der Waals surface area contributed by atoms with Crippen molar-refractivity contribution >= 4 is 12.4 Å². The topological polar surface area (TPSA) is 21.3 Å². The van der Waals surface area contributed by atoms with Gasteiger partial charge in [-0.1, -0.05) is 30.3 Å². The maximum Gasteiger partial charge on any atom is 0.0850 e. The van der Waals surface area contributed by atoms with Crippen LogP contribution >= 0.6 is 12.4 Å². The van der Waals surface area contributed by atoms with Crippen molar-refractivity contribution in [2.24, 2.45) is 5.92 Å². The molecule has 1 aromatic rings. The van der Waals surface area contributed by atoms with Crippen molar-refractivity contribution in [3.8, 4) is 0 Å². The van der Waals surface area contributed by atoms with Gasteiger partial charge in [-0.3, -0.25) is 0 Å². The van der Waals surface area contributed by atoms with E-state index in [0.717, 1.165) is 13.1 Å². The van der Waals surface area contributed by atoms with E-state index >= 15 is 0 Å². The highest BCUT2D eigenvalue weighted by molar-refractivity contribution is 5.85. The monoisotopic (exact) mass is 241 g/mol. The third-order valence-electron chi connectivity index (χ3n) is 3.19. The average Bonchev–Trinajstić information content (AvgIpc) is 2.33. The minimum atomic E-state index is 0. The van der Waals surface area contributed by atoms with E-state index in [2.05, 4.69) is 35.6 Å². The van der Waals surface area contributed by atoms with E-state index in [1.54, 1.807) is 0 Å². The lowest BCUT2D eigenvalue weighted by molar-refractivity contribution is 0.0383. The minimum absolute atomic E-state index is 0. The van der Waals surface area contributed by atoms with E-state index < -0.39 is 0 Å². The van der Waals surface area contributed by atoms with Crippen LogP contribution < -0.4 is 5.32 Å². The second-order valence-electron chi connectivity index (χ2n) is 4.15. The molecule has 1 saturated heterocycles. The molecule has 2 rings (SSSR count). The average molecular weight is 242 g/mol. The first-order valence-electron chi connectivity index (χ1n) is 5.70. The number of halogens is 1. The molecule has 0 radical (unpaired) electrons. The first-order valence-corrected chi connectivity index (χ1v) is 5.70. The van der Waals surface area contributed by atoms with Gasteiger partial charge in [0.25, 0.3) is 0 Å². The molecule has 0 bridgehead atoms. The van der Waals surface area contributed by atoms with Crippen molar-refractivity contribution in [1.82, 2.24) is 5.32 Å². The first-order chi connectivity index (χ1) is 7.42. The molecule has 2 nitrogen and oxygen atoms in total. The summed E-state index contributed by atoms with van der Waals surface area (Å²) in [7, 11) is 1.82. The van der Waals surface area contributed by atoms with Crippen molar-refractivity contribution in [2.75, 3.05) is 20.2 Å². The predicted molar refractivity (Wildman–Crippen MR) is 69.0 cm³/mol. The highest BCUT2D eigenvalue weighted by atomic mass is 35.5. The molecule has 3 heteroatoms. The van der Waals surface area contributed by atoms with Gasteiger partial charge in [0.1, 0.15) is 0 Å². The quantitative estimate of drug-likeness (QED) is 0.879. The summed E-state index contributed by atoms with van der Waals surface area (Å²) in [6.07, 6.45) is 2.70. The van der Waals surface area contributed by atoms with Gasteiger partial charge in [-0.15, -0.1) is 12.4 Å². The fourth-order valence-corrected chi connectivity index (χ4v) is 2.39. The van der Waals surface area contributed by atoms with Gasteiger partial charge in [-0.05, 0) is 37.4 Å². The standard InChI is InChI=1S/C13H19NO.ClH/c1-15-13(11-5-3-2-4-6-11)12-7-9-14-10-8-12;/h2-6,12-14H,7-10H2,1H3;1H. The zero-order valence-corrected chi connectivity index (χ0v) is 10.5. The maximum absolute atomic E-state index is 5.65. The minimum Gasteiger partial charge on any atom is -0.376 e. The molecule has 0 amide bonds. The molecule has 16 heavy (non-hydrogen) atoms. The largest absolute Gasteiger partial charge is 0.376 e. The smallest absolute Gasteiger partial charge is 0.0850 e. The van der Waals surface area contributed by atoms with E-state index in [9.17, 15) is 0 Å². The molecule has 1 fully saturated rings. The number of nitrogens with one attached hydrogen (secondary N) is 1. The summed E-state index contributed by atoms with van der Waals surface area (Å²) in [6, 6.07) is 10.6. The van der Waals surface area contributed by atoms with Crippen molar-refractivity contribution in [3.63, 3.8) is 0 Å². The Morgan fingerprint density at radius 2 is 1.81 bits per heavy atom. The number of benzene rings is 1. The molecule has 1 N–H and O–H groups in total. The second-order valence-corrected chi connectivity index (χ2v) is 4.15. The Balaban J connectivity index is 0.00000128. The molecule has 1 atom stereocenters. The molecule has 0 aliphatic carbocycles. The highest BCUT2D eigenvalue weighted by Gasteiger charge is 2.24. The van der Waals surface area contributed by atoms with Gasteiger partial charge in [0.05, 0.1) is 6.10 Å². The maximum atomic E-state index is 5.65. The summed E-state index contributed by atoms with van der Waals surface area (Å²) < 4.78 is 5.65. The van der Waals surface area contributed by atoms with E-state index in [0.29, 0.717) is 5.92 Å². The van der Waals surface area contributed by atoms with E-state index in [-0.39, 0.29) is 18.5 Å². The Bertz CT molecular complexity index is 285. The number of piperidine rings is 1. The molecular formula is C13H20ClNO. The van der Waals surface area contributed by atoms with Crippen LogP contribution in [0.3, 0.4) is 0 Å². The second kappa shape index (κ2) is 6.89. The Morgan fingerprint density at radius 3 is 2.38 bits per heavy atom. The van der Waals surface area contributed by atoms with Crippen molar-refractivity contribution < 1.29 is 4.74 Å². The fraction of sp³-hybridized carbons (Fsp3) is 0.538. The number of methoxy groups -OCH3 is 1. The third kappa shape index (κ3) is 3.21. The summed E-state index contributed by atoms with van der Waals surface area (Å²) in [4.78, 5) is 0. The molecular weight excluding hydrogens is 222 g/mol. The van der Waals surface area contributed by atoms with Gasteiger partial charge in [-0.25, -0.2) is 0 Å². The van der Waals surface area contributed by atoms with Crippen molar-refractivity contribution in [2.45, 2.75) is 18.9 Å². The van der Waals surface area contributed by atoms with E-state index in [4.69, 9.17) is 4.74 Å². The summed E-state index contributed by atoms with van der Waals surface area (Å²) in [6.45, 7) is 2.24. The lowest BCUT2D eigenvalue weighted by Crippen LogP contribution is -2.31. The zero-order chi connectivity index (χ0) is 10.5. The van der Waals surface area contributed by atoms with Gasteiger partial charge in [-0.2, -0.15) is 0 Å². The van der Waals surface area contributed by atoms with Gasteiger partial charge in [0.15, 0.2) is 0 Å². The molecule has 1 aromatic carbocycles. The number of hydrogen-bond acceptors (Lipinski definition) is 2. The molecule has 90 valence electrons. The zero-order valence-electron chi connectivity index (χ0n) is 9.69. The van der Waals surface area contributed by atoms with Crippen LogP contribution in [0.4, 0.5) is 0 Å². The number of hydrogen-bond donors (Lipinski definition) is 1. The Morgan fingerprint density at radius 1 is 1.19 bits per heavy atom. The number of rotatable bonds is 3.